The number of aromatic nitrogens is 1. The SMILES string of the molecule is CN=C(N)NC1(O)CC(c2cccnc2)Oc2ccc(-c3cccc(C#N)c3)cc21. The summed E-state index contributed by atoms with van der Waals surface area (Å²) in [6.07, 6.45) is 3.20. The Hall–Kier alpha value is -3.89. The standard InChI is InChI=1S/C23H21N5O2/c1-26-22(25)28-23(29)12-21(18-6-3-9-27-14-18)30-20-8-7-17(11-19(20)23)16-5-2-4-15(10-16)13-24/h2-11,14,21,29H,12H2,1H3,(H3,25,26,28). The first-order valence-electron chi connectivity index (χ1n) is 9.47. The molecule has 7 nitrogen and oxygen atoms in total. The molecule has 4 N–H and O–H groups in total. The van der Waals surface area contributed by atoms with Crippen molar-refractivity contribution in [2.24, 2.45) is 10.7 Å². The zero-order chi connectivity index (χ0) is 21.1. The molecular weight excluding hydrogens is 378 g/mol. The van der Waals surface area contributed by atoms with Crippen LogP contribution in [0.25, 0.3) is 11.1 Å². The molecule has 2 unspecified atom stereocenters. The molecule has 2 heterocycles. The van der Waals surface area contributed by atoms with Crippen molar-refractivity contribution < 1.29 is 9.84 Å². The number of aliphatic imine (C=N–C) groups is 1. The number of nitrogens with one attached hydrogen (secondary N) is 1. The number of hydrogen-bond donors (Lipinski definition) is 3. The molecule has 2 atom stereocenters. The third-order valence-corrected chi connectivity index (χ3v) is 5.13. The van der Waals surface area contributed by atoms with E-state index in [4.69, 9.17) is 10.5 Å². The van der Waals surface area contributed by atoms with E-state index < -0.39 is 11.8 Å². The van der Waals surface area contributed by atoms with Gasteiger partial charge in [-0.15, -0.1) is 0 Å². The first kappa shape index (κ1) is 19.4. The van der Waals surface area contributed by atoms with Crippen LogP contribution in [-0.2, 0) is 5.72 Å². The summed E-state index contributed by atoms with van der Waals surface area (Å²) in [6.45, 7) is 0. The Labute approximate surface area is 174 Å². The van der Waals surface area contributed by atoms with E-state index >= 15 is 0 Å². The molecule has 0 amide bonds. The molecule has 0 aliphatic carbocycles. The molecule has 0 saturated carbocycles. The Morgan fingerprint density at radius 3 is 2.83 bits per heavy atom. The van der Waals surface area contributed by atoms with E-state index in [1.807, 2.05) is 42.5 Å². The maximum atomic E-state index is 11.6. The molecule has 1 aliphatic heterocycles. The van der Waals surface area contributed by atoms with Crippen LogP contribution in [-0.4, -0.2) is 23.1 Å². The van der Waals surface area contributed by atoms with Gasteiger partial charge in [-0.2, -0.15) is 5.26 Å². The summed E-state index contributed by atoms with van der Waals surface area (Å²) in [4.78, 5) is 8.09. The van der Waals surface area contributed by atoms with Crippen LogP contribution in [0.2, 0.25) is 0 Å². The summed E-state index contributed by atoms with van der Waals surface area (Å²) in [5.41, 5.74) is 8.08. The first-order valence-corrected chi connectivity index (χ1v) is 9.47. The molecule has 0 radical (unpaired) electrons. The average Bonchev–Trinajstić information content (AvgIpc) is 2.79. The predicted molar refractivity (Wildman–Crippen MR) is 113 cm³/mol. The van der Waals surface area contributed by atoms with Crippen molar-refractivity contribution in [3.63, 3.8) is 0 Å². The fourth-order valence-corrected chi connectivity index (χ4v) is 3.62. The Morgan fingerprint density at radius 1 is 1.27 bits per heavy atom. The van der Waals surface area contributed by atoms with Gasteiger partial charge in [0.25, 0.3) is 0 Å². The number of rotatable bonds is 3. The molecule has 1 aliphatic rings. The lowest BCUT2D eigenvalue weighted by molar-refractivity contribution is -0.0442. The summed E-state index contributed by atoms with van der Waals surface area (Å²) in [5.74, 6) is 0.654. The van der Waals surface area contributed by atoms with Crippen LogP contribution in [0.1, 0.15) is 29.2 Å². The van der Waals surface area contributed by atoms with E-state index in [-0.39, 0.29) is 12.4 Å². The number of nitriles is 1. The first-order chi connectivity index (χ1) is 14.5. The largest absolute Gasteiger partial charge is 0.485 e. The van der Waals surface area contributed by atoms with Gasteiger partial charge < -0.3 is 20.9 Å². The van der Waals surface area contributed by atoms with Crippen LogP contribution >= 0.6 is 0 Å². The van der Waals surface area contributed by atoms with Gasteiger partial charge in [0.2, 0.25) is 0 Å². The number of nitrogens with two attached hydrogens (primary N) is 1. The monoisotopic (exact) mass is 399 g/mol. The summed E-state index contributed by atoms with van der Waals surface area (Å²) in [7, 11) is 1.55. The summed E-state index contributed by atoms with van der Waals surface area (Å²) >= 11 is 0. The molecule has 0 spiro atoms. The molecule has 0 bridgehead atoms. The number of ether oxygens (including phenoxy) is 1. The van der Waals surface area contributed by atoms with Gasteiger partial charge in [-0.05, 0) is 41.5 Å². The van der Waals surface area contributed by atoms with E-state index in [9.17, 15) is 10.4 Å². The lowest BCUT2D eigenvalue weighted by Crippen LogP contribution is -2.52. The van der Waals surface area contributed by atoms with E-state index in [0.29, 0.717) is 16.9 Å². The number of fused-ring (bicyclic) bond motifs is 1. The van der Waals surface area contributed by atoms with Crippen molar-refractivity contribution >= 4 is 5.96 Å². The highest BCUT2D eigenvalue weighted by Crippen LogP contribution is 2.44. The van der Waals surface area contributed by atoms with Crippen LogP contribution in [0, 0.1) is 11.3 Å². The maximum absolute atomic E-state index is 11.6. The van der Waals surface area contributed by atoms with E-state index in [2.05, 4.69) is 21.4 Å². The Bertz CT molecular complexity index is 1140. The zero-order valence-corrected chi connectivity index (χ0v) is 16.4. The molecule has 0 fully saturated rings. The molecule has 0 saturated heterocycles. The Balaban J connectivity index is 1.80. The zero-order valence-electron chi connectivity index (χ0n) is 16.4. The van der Waals surface area contributed by atoms with Gasteiger partial charge in [-0.25, -0.2) is 0 Å². The van der Waals surface area contributed by atoms with Gasteiger partial charge in [-0.1, -0.05) is 24.3 Å². The van der Waals surface area contributed by atoms with Crippen molar-refractivity contribution in [3.05, 3.63) is 83.7 Å². The third kappa shape index (κ3) is 3.69. The summed E-state index contributed by atoms with van der Waals surface area (Å²) in [5, 5.41) is 23.7. The highest BCUT2D eigenvalue weighted by molar-refractivity contribution is 5.79. The number of pyridine rings is 1. The molecule has 4 rings (SSSR count). The smallest absolute Gasteiger partial charge is 0.190 e. The third-order valence-electron chi connectivity index (χ3n) is 5.13. The molecule has 30 heavy (non-hydrogen) atoms. The van der Waals surface area contributed by atoms with Gasteiger partial charge in [0.15, 0.2) is 11.7 Å². The second kappa shape index (κ2) is 7.85. The number of benzene rings is 2. The minimum Gasteiger partial charge on any atom is -0.485 e. The topological polar surface area (TPSA) is 117 Å². The number of guanidine groups is 1. The summed E-state index contributed by atoms with van der Waals surface area (Å²) < 4.78 is 6.19. The van der Waals surface area contributed by atoms with Gasteiger partial charge in [0.1, 0.15) is 11.9 Å². The average molecular weight is 399 g/mol. The Morgan fingerprint density at radius 2 is 2.10 bits per heavy atom. The van der Waals surface area contributed by atoms with Crippen LogP contribution in [0.15, 0.2) is 72.0 Å². The van der Waals surface area contributed by atoms with Crippen LogP contribution in [0.4, 0.5) is 0 Å². The number of aliphatic hydroxyl groups is 1. The van der Waals surface area contributed by atoms with Crippen molar-refractivity contribution in [1.29, 1.82) is 5.26 Å². The van der Waals surface area contributed by atoms with Crippen LogP contribution in [0.5, 0.6) is 5.75 Å². The second-order valence-corrected chi connectivity index (χ2v) is 7.09. The van der Waals surface area contributed by atoms with E-state index in [0.717, 1.165) is 16.7 Å². The second-order valence-electron chi connectivity index (χ2n) is 7.09. The van der Waals surface area contributed by atoms with Crippen molar-refractivity contribution in [1.82, 2.24) is 10.3 Å². The van der Waals surface area contributed by atoms with Gasteiger partial charge in [0.05, 0.1) is 11.6 Å². The van der Waals surface area contributed by atoms with Gasteiger partial charge in [-0.3, -0.25) is 9.98 Å². The quantitative estimate of drug-likeness (QED) is 0.354. The van der Waals surface area contributed by atoms with Gasteiger partial charge >= 0.3 is 0 Å². The highest BCUT2D eigenvalue weighted by Gasteiger charge is 2.41. The molecule has 7 heteroatoms. The molecule has 3 aromatic rings. The minimum absolute atomic E-state index is 0.118. The van der Waals surface area contributed by atoms with Crippen molar-refractivity contribution in [2.75, 3.05) is 7.05 Å². The van der Waals surface area contributed by atoms with Crippen LogP contribution < -0.4 is 15.8 Å². The number of hydrogen-bond acceptors (Lipinski definition) is 5. The van der Waals surface area contributed by atoms with Gasteiger partial charge in [0, 0.05) is 37.0 Å². The maximum Gasteiger partial charge on any atom is 0.190 e. The Kier molecular flexibility index (Phi) is 5.09. The molecular formula is C23H21N5O2. The predicted octanol–water partition coefficient (Wildman–Crippen LogP) is 2.82. The van der Waals surface area contributed by atoms with Crippen LogP contribution in [0.3, 0.4) is 0 Å². The fraction of sp³-hybridized carbons (Fsp3) is 0.174. The lowest BCUT2D eigenvalue weighted by atomic mass is 9.88. The molecule has 2 aromatic carbocycles. The molecule has 1 aromatic heterocycles. The minimum atomic E-state index is -1.50. The number of nitrogens with zero attached hydrogens (tertiary/aromatic N) is 3. The van der Waals surface area contributed by atoms with Crippen molar-refractivity contribution in [3.8, 4) is 22.9 Å². The molecule has 150 valence electrons. The fourth-order valence-electron chi connectivity index (χ4n) is 3.62. The normalized spacial score (nSPS) is 20.6. The van der Waals surface area contributed by atoms with E-state index in [1.54, 1.807) is 31.6 Å². The van der Waals surface area contributed by atoms with E-state index in [1.165, 1.54) is 0 Å². The lowest BCUT2D eigenvalue weighted by Gasteiger charge is -2.39. The van der Waals surface area contributed by atoms with Crippen molar-refractivity contribution in [2.45, 2.75) is 18.2 Å². The highest BCUT2D eigenvalue weighted by atomic mass is 16.5. The summed E-state index contributed by atoms with van der Waals surface area (Å²) in [6, 6.07) is 18.7.